The van der Waals surface area contributed by atoms with E-state index in [2.05, 4.69) is 17.0 Å². The molecule has 0 atom stereocenters. The first kappa shape index (κ1) is 20.3. The fourth-order valence-electron chi connectivity index (χ4n) is 2.42. The number of anilines is 1. The molecule has 0 aliphatic carbocycles. The molecule has 0 unspecified atom stereocenters. The highest BCUT2D eigenvalue weighted by atomic mass is 35.5. The summed E-state index contributed by atoms with van der Waals surface area (Å²) in [6, 6.07) is 11.2. The van der Waals surface area contributed by atoms with E-state index in [1.54, 1.807) is 30.3 Å². The minimum absolute atomic E-state index is 0.0278. The molecule has 2 N–H and O–H groups in total. The van der Waals surface area contributed by atoms with Crippen LogP contribution in [0.3, 0.4) is 0 Å². The second-order valence-electron chi connectivity index (χ2n) is 6.32. The summed E-state index contributed by atoms with van der Waals surface area (Å²) in [4.78, 5) is 12.3. The Morgan fingerprint density at radius 1 is 1.12 bits per heavy atom. The predicted octanol–water partition coefficient (Wildman–Crippen LogP) is 4.23. The van der Waals surface area contributed by atoms with Crippen molar-refractivity contribution in [3.05, 3.63) is 58.6 Å². The van der Waals surface area contributed by atoms with Crippen LogP contribution in [0.5, 0.6) is 0 Å². The van der Waals surface area contributed by atoms with Gasteiger partial charge in [0.05, 0.1) is 15.6 Å². The van der Waals surface area contributed by atoms with Gasteiger partial charge in [-0.25, -0.2) is 8.42 Å². The molecule has 2 aromatic carbocycles. The standard InChI is InChI=1S/C19H23ClN2O3S/c1-4-5-14-6-9-16(10-7-14)26(24,25)22-18-12-15(8-11-17(18)20)19(23)21-13(2)3/h6-13,22H,4-5H2,1-3H3,(H,21,23). The molecule has 0 saturated carbocycles. The molecular formula is C19H23ClN2O3S. The third-order valence-corrected chi connectivity index (χ3v) is 5.38. The maximum atomic E-state index is 12.6. The number of hydrogen-bond acceptors (Lipinski definition) is 3. The van der Waals surface area contributed by atoms with Crippen molar-refractivity contribution in [2.75, 3.05) is 4.72 Å². The number of halogens is 1. The lowest BCUT2D eigenvalue weighted by Crippen LogP contribution is -2.30. The zero-order valence-corrected chi connectivity index (χ0v) is 16.6. The summed E-state index contributed by atoms with van der Waals surface area (Å²) in [7, 11) is -3.80. The van der Waals surface area contributed by atoms with Crippen LogP contribution in [0.25, 0.3) is 0 Å². The van der Waals surface area contributed by atoms with E-state index in [1.165, 1.54) is 12.1 Å². The van der Waals surface area contributed by atoms with E-state index in [4.69, 9.17) is 11.6 Å². The van der Waals surface area contributed by atoms with Crippen LogP contribution in [0.1, 0.15) is 43.1 Å². The number of hydrogen-bond donors (Lipinski definition) is 2. The summed E-state index contributed by atoms with van der Waals surface area (Å²) in [5.74, 6) is -0.291. The van der Waals surface area contributed by atoms with Gasteiger partial charge < -0.3 is 5.32 Å². The molecule has 0 aliphatic rings. The molecule has 0 fully saturated rings. The monoisotopic (exact) mass is 394 g/mol. The molecule has 0 aromatic heterocycles. The van der Waals surface area contributed by atoms with Crippen LogP contribution in [0.4, 0.5) is 5.69 Å². The highest BCUT2D eigenvalue weighted by Gasteiger charge is 2.17. The highest BCUT2D eigenvalue weighted by Crippen LogP contribution is 2.26. The fraction of sp³-hybridized carbons (Fsp3) is 0.316. The van der Waals surface area contributed by atoms with Crippen molar-refractivity contribution >= 4 is 33.2 Å². The van der Waals surface area contributed by atoms with E-state index in [9.17, 15) is 13.2 Å². The van der Waals surface area contributed by atoms with Gasteiger partial charge in [0.1, 0.15) is 0 Å². The molecule has 26 heavy (non-hydrogen) atoms. The zero-order valence-electron chi connectivity index (χ0n) is 15.0. The Balaban J connectivity index is 2.26. The van der Waals surface area contributed by atoms with Crippen molar-refractivity contribution in [2.24, 2.45) is 0 Å². The molecule has 1 amide bonds. The average Bonchev–Trinajstić information content (AvgIpc) is 2.57. The molecule has 0 radical (unpaired) electrons. The van der Waals surface area contributed by atoms with Crippen LogP contribution >= 0.6 is 11.6 Å². The number of carbonyl (C=O) groups is 1. The van der Waals surface area contributed by atoms with Gasteiger partial charge in [-0.1, -0.05) is 37.1 Å². The second kappa shape index (κ2) is 8.56. The van der Waals surface area contributed by atoms with Gasteiger partial charge in [0.25, 0.3) is 15.9 Å². The summed E-state index contributed by atoms with van der Waals surface area (Å²) in [6.45, 7) is 5.76. The minimum atomic E-state index is -3.80. The van der Waals surface area contributed by atoms with Crippen molar-refractivity contribution < 1.29 is 13.2 Å². The number of carbonyl (C=O) groups excluding carboxylic acids is 1. The molecule has 0 bridgehead atoms. The van der Waals surface area contributed by atoms with Crippen LogP contribution in [0, 0.1) is 0 Å². The number of amides is 1. The topological polar surface area (TPSA) is 75.3 Å². The minimum Gasteiger partial charge on any atom is -0.350 e. The molecule has 5 nitrogen and oxygen atoms in total. The normalized spacial score (nSPS) is 11.4. The summed E-state index contributed by atoms with van der Waals surface area (Å²) in [5, 5.41) is 2.98. The van der Waals surface area contributed by atoms with Crippen LogP contribution in [-0.4, -0.2) is 20.4 Å². The van der Waals surface area contributed by atoms with Gasteiger partial charge in [0, 0.05) is 11.6 Å². The van der Waals surface area contributed by atoms with Gasteiger partial charge in [0.2, 0.25) is 0 Å². The van der Waals surface area contributed by atoms with Crippen LogP contribution in [0.15, 0.2) is 47.4 Å². The van der Waals surface area contributed by atoms with E-state index in [1.807, 2.05) is 13.8 Å². The van der Waals surface area contributed by atoms with Gasteiger partial charge in [-0.2, -0.15) is 0 Å². The van der Waals surface area contributed by atoms with Crippen molar-refractivity contribution in [2.45, 2.75) is 44.6 Å². The van der Waals surface area contributed by atoms with Gasteiger partial charge in [-0.15, -0.1) is 0 Å². The molecule has 0 saturated heterocycles. The molecule has 0 spiro atoms. The Morgan fingerprint density at radius 2 is 1.77 bits per heavy atom. The van der Waals surface area contributed by atoms with Gasteiger partial charge in [0.15, 0.2) is 0 Å². The highest BCUT2D eigenvalue weighted by molar-refractivity contribution is 7.92. The third kappa shape index (κ3) is 5.22. The van der Waals surface area contributed by atoms with Crippen molar-refractivity contribution in [1.29, 1.82) is 0 Å². The molecule has 2 aromatic rings. The smallest absolute Gasteiger partial charge is 0.261 e. The zero-order chi connectivity index (χ0) is 19.3. The van der Waals surface area contributed by atoms with E-state index in [0.717, 1.165) is 18.4 Å². The first-order valence-corrected chi connectivity index (χ1v) is 10.3. The number of benzene rings is 2. The maximum Gasteiger partial charge on any atom is 0.261 e. The lowest BCUT2D eigenvalue weighted by Gasteiger charge is -2.13. The van der Waals surface area contributed by atoms with Gasteiger partial charge >= 0.3 is 0 Å². The summed E-state index contributed by atoms with van der Waals surface area (Å²) in [6.07, 6.45) is 1.89. The summed E-state index contributed by atoms with van der Waals surface area (Å²) >= 11 is 6.11. The number of nitrogens with one attached hydrogen (secondary N) is 2. The maximum absolute atomic E-state index is 12.6. The number of aryl methyl sites for hydroxylation is 1. The van der Waals surface area contributed by atoms with Gasteiger partial charge in [-0.3, -0.25) is 9.52 Å². The lowest BCUT2D eigenvalue weighted by molar-refractivity contribution is 0.0943. The van der Waals surface area contributed by atoms with Crippen molar-refractivity contribution in [3.63, 3.8) is 0 Å². The van der Waals surface area contributed by atoms with E-state index in [-0.39, 0.29) is 27.6 Å². The van der Waals surface area contributed by atoms with Crippen molar-refractivity contribution in [3.8, 4) is 0 Å². The molecule has 7 heteroatoms. The summed E-state index contributed by atoms with van der Waals surface area (Å²) in [5.41, 5.74) is 1.58. The Hall–Kier alpha value is -2.05. The predicted molar refractivity (Wildman–Crippen MR) is 105 cm³/mol. The largest absolute Gasteiger partial charge is 0.350 e. The average molecular weight is 395 g/mol. The van der Waals surface area contributed by atoms with Gasteiger partial charge in [-0.05, 0) is 56.2 Å². The molecule has 2 rings (SSSR count). The van der Waals surface area contributed by atoms with Crippen LogP contribution in [-0.2, 0) is 16.4 Å². The van der Waals surface area contributed by atoms with Crippen LogP contribution in [0.2, 0.25) is 5.02 Å². The Morgan fingerprint density at radius 3 is 2.35 bits per heavy atom. The lowest BCUT2D eigenvalue weighted by atomic mass is 10.1. The molecule has 0 aliphatic heterocycles. The quantitative estimate of drug-likeness (QED) is 0.737. The van der Waals surface area contributed by atoms with E-state index in [0.29, 0.717) is 5.56 Å². The SMILES string of the molecule is CCCc1ccc(S(=O)(=O)Nc2cc(C(=O)NC(C)C)ccc2Cl)cc1. The Kier molecular flexibility index (Phi) is 6.67. The molecule has 0 heterocycles. The second-order valence-corrected chi connectivity index (χ2v) is 8.41. The molecule has 140 valence electrons. The first-order valence-electron chi connectivity index (χ1n) is 8.45. The fourth-order valence-corrected chi connectivity index (χ4v) is 3.71. The Labute approximate surface area is 159 Å². The number of sulfonamides is 1. The summed E-state index contributed by atoms with van der Waals surface area (Å²) < 4.78 is 27.7. The molecular weight excluding hydrogens is 372 g/mol. The first-order chi connectivity index (χ1) is 12.2. The van der Waals surface area contributed by atoms with Crippen LogP contribution < -0.4 is 10.0 Å². The van der Waals surface area contributed by atoms with E-state index < -0.39 is 10.0 Å². The Bertz CT molecular complexity index is 878. The van der Waals surface area contributed by atoms with Crippen molar-refractivity contribution in [1.82, 2.24) is 5.32 Å². The third-order valence-electron chi connectivity index (χ3n) is 3.66. The number of rotatable bonds is 7. The van der Waals surface area contributed by atoms with E-state index >= 15 is 0 Å².